The van der Waals surface area contributed by atoms with E-state index in [9.17, 15) is 18.3 Å². The average Bonchev–Trinajstić information content (AvgIpc) is 3.10. The van der Waals surface area contributed by atoms with Gasteiger partial charge in [0, 0.05) is 11.3 Å². The van der Waals surface area contributed by atoms with E-state index in [0.29, 0.717) is 25.9 Å². The summed E-state index contributed by atoms with van der Waals surface area (Å²) in [4.78, 5) is 11.5. The smallest absolute Gasteiger partial charge is 0.304 e. The number of carbonyl (C=O) groups excluding carboxylic acids is 1. The molecule has 2 heterocycles. The summed E-state index contributed by atoms with van der Waals surface area (Å²) >= 11 is 0. The number of aromatic amines is 1. The molecule has 1 aromatic heterocycles. The predicted octanol–water partition coefficient (Wildman–Crippen LogP) is 0.476. The molecule has 0 radical (unpaired) electrons. The van der Waals surface area contributed by atoms with Gasteiger partial charge < -0.3 is 9.84 Å². The summed E-state index contributed by atoms with van der Waals surface area (Å²) in [5.74, 6) is -1.15. The molecule has 1 amide bonds. The summed E-state index contributed by atoms with van der Waals surface area (Å²) in [6.07, 6.45) is -0.578. The van der Waals surface area contributed by atoms with Gasteiger partial charge in [-0.15, -0.1) is 0 Å². The number of aliphatic hydroxyl groups excluding tert-OH is 1. The number of fused-ring (bicyclic) bond motifs is 1. The lowest BCUT2D eigenvalue weighted by molar-refractivity contribution is -0.120. The zero-order valence-corrected chi connectivity index (χ0v) is 17.3. The lowest BCUT2D eigenvalue weighted by Gasteiger charge is -2.47. The Morgan fingerprint density at radius 1 is 1.31 bits per heavy atom. The van der Waals surface area contributed by atoms with Crippen molar-refractivity contribution in [3.63, 3.8) is 0 Å². The van der Waals surface area contributed by atoms with E-state index >= 15 is 4.39 Å². The lowest BCUT2D eigenvalue weighted by atomic mass is 9.66. The minimum Gasteiger partial charge on any atom is -0.391 e. The number of nitrogens with one attached hydrogen (secondary N) is 2. The largest absolute Gasteiger partial charge is 0.391 e. The van der Waals surface area contributed by atoms with Gasteiger partial charge in [0.2, 0.25) is 5.91 Å². The first-order valence-corrected chi connectivity index (χ1v) is 11.4. The number of H-pyrrole nitrogens is 1. The number of hydrogen-bond acceptors (Lipinski definition) is 6. The molecule has 29 heavy (non-hydrogen) atoms. The summed E-state index contributed by atoms with van der Waals surface area (Å²) in [7, 11) is -4.11. The minimum absolute atomic E-state index is 0.0255. The van der Waals surface area contributed by atoms with Crippen molar-refractivity contribution in [3.05, 3.63) is 17.0 Å². The number of aliphatic hydroxyl groups is 1. The molecule has 3 fully saturated rings. The molecule has 9 nitrogen and oxygen atoms in total. The molecule has 6 unspecified atom stereocenters. The Morgan fingerprint density at radius 2 is 2.07 bits per heavy atom. The zero-order chi connectivity index (χ0) is 20.9. The molecule has 1 aromatic rings. The van der Waals surface area contributed by atoms with E-state index < -0.39 is 46.9 Å². The fraction of sp³-hybridized carbons (Fsp3) is 0.778. The first-order valence-electron chi connectivity index (χ1n) is 9.94. The van der Waals surface area contributed by atoms with E-state index in [1.54, 1.807) is 0 Å². The highest BCUT2D eigenvalue weighted by atomic mass is 32.2. The van der Waals surface area contributed by atoms with Crippen molar-refractivity contribution in [2.75, 3.05) is 6.54 Å². The second-order valence-corrected chi connectivity index (χ2v) is 10.0. The van der Waals surface area contributed by atoms with Crippen LogP contribution in [0.5, 0.6) is 0 Å². The van der Waals surface area contributed by atoms with Crippen LogP contribution in [-0.2, 0) is 26.3 Å². The highest BCUT2D eigenvalue weighted by Gasteiger charge is 2.53. The molecule has 0 spiro atoms. The van der Waals surface area contributed by atoms with Gasteiger partial charge in [0.25, 0.3) is 0 Å². The first-order chi connectivity index (χ1) is 13.7. The van der Waals surface area contributed by atoms with Crippen LogP contribution in [-0.4, -0.2) is 64.9 Å². The van der Waals surface area contributed by atoms with Gasteiger partial charge >= 0.3 is 10.2 Å². The van der Waals surface area contributed by atoms with E-state index in [2.05, 4.69) is 10.2 Å². The van der Waals surface area contributed by atoms with Crippen LogP contribution in [0.3, 0.4) is 0 Å². The minimum atomic E-state index is -4.11. The molecule has 4 rings (SSSR count). The van der Waals surface area contributed by atoms with Gasteiger partial charge in [-0.25, -0.2) is 9.11 Å². The van der Waals surface area contributed by atoms with Gasteiger partial charge in [-0.2, -0.15) is 17.8 Å². The standard InChI is InChI=1S/C18H27FN4O5S/c1-9-14(10(2)21-20-9)8-28-12-4-3-11-5-15(24)18(17(19)13(11)6-12)23-7-16(25)22-29(23,26)27/h11-13,15,17-18,24H,3-8H2,1-2H3,(H,20,21)(H,22,25). The van der Waals surface area contributed by atoms with Crippen molar-refractivity contribution < 1.29 is 27.4 Å². The van der Waals surface area contributed by atoms with Crippen molar-refractivity contribution in [2.24, 2.45) is 11.8 Å². The van der Waals surface area contributed by atoms with Crippen LogP contribution in [0.4, 0.5) is 4.39 Å². The Bertz CT molecular complexity index is 871. The summed E-state index contributed by atoms with van der Waals surface area (Å²) in [6, 6.07) is -1.25. The quantitative estimate of drug-likeness (QED) is 0.638. The molecule has 0 bridgehead atoms. The molecule has 6 atom stereocenters. The molecule has 3 aliphatic rings. The van der Waals surface area contributed by atoms with E-state index in [-0.39, 0.29) is 12.0 Å². The second kappa shape index (κ2) is 7.60. The lowest BCUT2D eigenvalue weighted by Crippen LogP contribution is -2.59. The molecule has 3 N–H and O–H groups in total. The van der Waals surface area contributed by atoms with E-state index in [4.69, 9.17) is 4.74 Å². The Morgan fingerprint density at radius 3 is 2.69 bits per heavy atom. The highest BCUT2D eigenvalue weighted by molar-refractivity contribution is 7.88. The molecule has 1 saturated heterocycles. The monoisotopic (exact) mass is 430 g/mol. The fourth-order valence-electron chi connectivity index (χ4n) is 5.04. The Hall–Kier alpha value is -1.56. The maximum absolute atomic E-state index is 15.5. The van der Waals surface area contributed by atoms with Gasteiger partial charge in [-0.05, 0) is 51.4 Å². The Kier molecular flexibility index (Phi) is 5.43. The molecular weight excluding hydrogens is 403 g/mol. The maximum atomic E-state index is 15.5. The number of aryl methyl sites for hydroxylation is 2. The summed E-state index contributed by atoms with van der Waals surface area (Å²) in [5.41, 5.74) is 2.81. The number of nitrogens with zero attached hydrogens (tertiary/aromatic N) is 2. The summed E-state index contributed by atoms with van der Waals surface area (Å²) in [5, 5.41) is 17.6. The molecule has 2 saturated carbocycles. The fourth-order valence-corrected chi connectivity index (χ4v) is 6.38. The number of alkyl halides is 1. The SMILES string of the molecule is Cc1n[nH]c(C)c1COC1CCC2CC(O)C(N3CC(=O)NS3(=O)=O)C(F)C2C1. The molecule has 2 aliphatic carbocycles. The molecule has 11 heteroatoms. The van der Waals surface area contributed by atoms with E-state index in [1.165, 1.54) is 0 Å². The second-order valence-electron chi connectivity index (χ2n) is 8.40. The number of carbonyl (C=O) groups is 1. The number of hydrogen-bond donors (Lipinski definition) is 3. The van der Waals surface area contributed by atoms with Crippen LogP contribution in [0.2, 0.25) is 0 Å². The van der Waals surface area contributed by atoms with Crippen molar-refractivity contribution in [1.82, 2.24) is 19.2 Å². The molecular formula is C18H27FN4O5S. The number of halogens is 1. The van der Waals surface area contributed by atoms with Crippen LogP contribution in [0.15, 0.2) is 0 Å². The predicted molar refractivity (Wildman–Crippen MR) is 101 cm³/mol. The van der Waals surface area contributed by atoms with Crippen LogP contribution < -0.4 is 4.72 Å². The van der Waals surface area contributed by atoms with Crippen LogP contribution >= 0.6 is 0 Å². The van der Waals surface area contributed by atoms with Gasteiger partial charge in [-0.3, -0.25) is 9.89 Å². The molecule has 1 aliphatic heterocycles. The van der Waals surface area contributed by atoms with Gasteiger partial charge in [-0.1, -0.05) is 0 Å². The van der Waals surface area contributed by atoms with Crippen molar-refractivity contribution in [1.29, 1.82) is 0 Å². The van der Waals surface area contributed by atoms with Crippen molar-refractivity contribution >= 4 is 16.1 Å². The van der Waals surface area contributed by atoms with Crippen molar-refractivity contribution in [3.8, 4) is 0 Å². The normalized spacial score (nSPS) is 37.3. The molecule has 162 valence electrons. The van der Waals surface area contributed by atoms with Gasteiger partial charge in [0.15, 0.2) is 0 Å². The zero-order valence-electron chi connectivity index (χ0n) is 16.5. The first kappa shape index (κ1) is 20.7. The maximum Gasteiger partial charge on any atom is 0.304 e. The summed E-state index contributed by atoms with van der Waals surface area (Å²) < 4.78 is 48.5. The van der Waals surface area contributed by atoms with Crippen LogP contribution in [0, 0.1) is 25.7 Å². The number of aromatic nitrogens is 2. The van der Waals surface area contributed by atoms with Crippen molar-refractivity contribution in [2.45, 2.75) is 70.6 Å². The topological polar surface area (TPSA) is 125 Å². The third-order valence-electron chi connectivity index (χ3n) is 6.60. The highest BCUT2D eigenvalue weighted by Crippen LogP contribution is 2.45. The van der Waals surface area contributed by atoms with Gasteiger partial charge in [0.05, 0.1) is 37.1 Å². The Labute approximate surface area is 169 Å². The third kappa shape index (κ3) is 3.80. The third-order valence-corrected chi connectivity index (χ3v) is 8.08. The Balaban J connectivity index is 1.46. The molecule has 0 aromatic carbocycles. The average molecular weight is 431 g/mol. The number of ether oxygens (including phenoxy) is 1. The van der Waals surface area contributed by atoms with E-state index in [1.807, 2.05) is 18.6 Å². The van der Waals surface area contributed by atoms with Gasteiger partial charge in [0.1, 0.15) is 6.17 Å². The van der Waals surface area contributed by atoms with E-state index in [0.717, 1.165) is 27.7 Å². The number of rotatable bonds is 4. The summed E-state index contributed by atoms with van der Waals surface area (Å²) in [6.45, 7) is 3.75. The number of amides is 1. The van der Waals surface area contributed by atoms with Crippen LogP contribution in [0.25, 0.3) is 0 Å². The van der Waals surface area contributed by atoms with Crippen LogP contribution in [0.1, 0.15) is 42.6 Å².